The van der Waals surface area contributed by atoms with Crippen LogP contribution < -0.4 is 0 Å². The fourth-order valence-corrected chi connectivity index (χ4v) is 2.23. The Labute approximate surface area is 117 Å². The third-order valence-corrected chi connectivity index (χ3v) is 2.98. The summed E-state index contributed by atoms with van der Waals surface area (Å²) >= 11 is 0. The Morgan fingerprint density at radius 1 is 0.800 bits per heavy atom. The van der Waals surface area contributed by atoms with Crippen LogP contribution in [-0.2, 0) is 0 Å². The van der Waals surface area contributed by atoms with E-state index in [-0.39, 0.29) is 31.1 Å². The Hall–Kier alpha value is 0.0119. The third kappa shape index (κ3) is 3.51. The van der Waals surface area contributed by atoms with Gasteiger partial charge in [-0.25, -0.2) is 0 Å². The molecule has 2 rings (SSSR count). The standard InChI is InChI=1S/C14H18.U/c1-11-5-3-7-13(9-11)14-8-4-6-12(2)10-14;/h5-6,9-10H,3-4,7-8H2,1-2H3;. The van der Waals surface area contributed by atoms with Crippen LogP contribution in [0.3, 0.4) is 0 Å². The van der Waals surface area contributed by atoms with Gasteiger partial charge in [0, 0.05) is 31.1 Å². The zero-order valence-electron chi connectivity index (χ0n) is 9.64. The van der Waals surface area contributed by atoms with E-state index in [9.17, 15) is 0 Å². The summed E-state index contributed by atoms with van der Waals surface area (Å²) in [4.78, 5) is 0. The van der Waals surface area contributed by atoms with E-state index < -0.39 is 0 Å². The van der Waals surface area contributed by atoms with Crippen LogP contribution in [0.5, 0.6) is 0 Å². The molecule has 0 amide bonds. The minimum atomic E-state index is 0. The average Bonchev–Trinajstić information content (AvgIpc) is 2.18. The molecule has 0 bridgehead atoms. The molecule has 2 aliphatic carbocycles. The molecule has 15 heavy (non-hydrogen) atoms. The maximum Gasteiger partial charge on any atom is 0 e. The summed E-state index contributed by atoms with van der Waals surface area (Å²) in [5, 5.41) is 0. The van der Waals surface area contributed by atoms with Crippen LogP contribution in [0, 0.1) is 31.1 Å². The Balaban J connectivity index is 0.00000112. The van der Waals surface area contributed by atoms with Crippen molar-refractivity contribution >= 4 is 0 Å². The zero-order chi connectivity index (χ0) is 9.97. The van der Waals surface area contributed by atoms with Gasteiger partial charge >= 0.3 is 0 Å². The molecule has 0 aliphatic heterocycles. The van der Waals surface area contributed by atoms with Gasteiger partial charge in [0.2, 0.25) is 0 Å². The molecule has 0 saturated carbocycles. The molecule has 0 fully saturated rings. The number of hydrogen-bond donors (Lipinski definition) is 0. The van der Waals surface area contributed by atoms with E-state index in [0.29, 0.717) is 0 Å². The summed E-state index contributed by atoms with van der Waals surface area (Å²) < 4.78 is 0. The fraction of sp³-hybridized carbons (Fsp3) is 0.429. The summed E-state index contributed by atoms with van der Waals surface area (Å²) in [6.45, 7) is 4.40. The second-order valence-electron chi connectivity index (χ2n) is 4.31. The van der Waals surface area contributed by atoms with Gasteiger partial charge in [0.05, 0.1) is 0 Å². The van der Waals surface area contributed by atoms with E-state index in [1.165, 1.54) is 36.8 Å². The number of rotatable bonds is 1. The normalized spacial score (nSPS) is 20.7. The Morgan fingerprint density at radius 2 is 1.20 bits per heavy atom. The van der Waals surface area contributed by atoms with E-state index in [0.717, 1.165) is 0 Å². The van der Waals surface area contributed by atoms with E-state index in [1.807, 2.05) is 0 Å². The molecular weight excluding hydrogens is 406 g/mol. The van der Waals surface area contributed by atoms with Crippen molar-refractivity contribution in [2.45, 2.75) is 39.5 Å². The van der Waals surface area contributed by atoms with Crippen LogP contribution in [0.25, 0.3) is 0 Å². The Kier molecular flexibility index (Phi) is 5.17. The van der Waals surface area contributed by atoms with E-state index in [4.69, 9.17) is 0 Å². The van der Waals surface area contributed by atoms with Crippen molar-refractivity contribution in [1.29, 1.82) is 0 Å². The van der Waals surface area contributed by atoms with Crippen molar-refractivity contribution in [3.8, 4) is 0 Å². The average molecular weight is 424 g/mol. The molecule has 0 saturated heterocycles. The first-order chi connectivity index (χ1) is 6.75. The van der Waals surface area contributed by atoms with Gasteiger partial charge in [0.15, 0.2) is 0 Å². The molecule has 78 valence electrons. The van der Waals surface area contributed by atoms with E-state index in [2.05, 4.69) is 38.2 Å². The van der Waals surface area contributed by atoms with Crippen molar-refractivity contribution in [3.63, 3.8) is 0 Å². The van der Waals surface area contributed by atoms with Crippen LogP contribution >= 0.6 is 0 Å². The van der Waals surface area contributed by atoms with Crippen molar-refractivity contribution in [3.05, 3.63) is 46.6 Å². The first-order valence-electron chi connectivity index (χ1n) is 5.51. The van der Waals surface area contributed by atoms with Gasteiger partial charge in [-0.3, -0.25) is 0 Å². The minimum Gasteiger partial charge on any atom is -0.0813 e. The smallest absolute Gasteiger partial charge is 0 e. The Morgan fingerprint density at radius 3 is 1.53 bits per heavy atom. The van der Waals surface area contributed by atoms with Crippen LogP contribution in [0.15, 0.2) is 46.6 Å². The molecule has 0 aromatic carbocycles. The largest absolute Gasteiger partial charge is 0.0813 e. The van der Waals surface area contributed by atoms with Crippen molar-refractivity contribution in [2.24, 2.45) is 0 Å². The van der Waals surface area contributed by atoms with Crippen LogP contribution in [0.4, 0.5) is 0 Å². The van der Waals surface area contributed by atoms with Crippen LogP contribution in [0.2, 0.25) is 0 Å². The molecule has 0 spiro atoms. The molecule has 1 heteroatoms. The van der Waals surface area contributed by atoms with Crippen molar-refractivity contribution < 1.29 is 31.1 Å². The van der Waals surface area contributed by atoms with Crippen LogP contribution in [-0.4, -0.2) is 0 Å². The summed E-state index contributed by atoms with van der Waals surface area (Å²) in [6.07, 6.45) is 14.3. The maximum absolute atomic E-state index is 2.36. The maximum atomic E-state index is 2.36. The van der Waals surface area contributed by atoms with Crippen molar-refractivity contribution in [2.75, 3.05) is 0 Å². The summed E-state index contributed by atoms with van der Waals surface area (Å²) in [7, 11) is 0. The van der Waals surface area contributed by atoms with E-state index in [1.54, 1.807) is 11.1 Å². The predicted molar refractivity (Wildman–Crippen MR) is 62.1 cm³/mol. The molecule has 0 N–H and O–H groups in total. The number of allylic oxidation sites excluding steroid dienone is 8. The molecule has 0 heterocycles. The topological polar surface area (TPSA) is 0 Å². The summed E-state index contributed by atoms with van der Waals surface area (Å²) in [5.41, 5.74) is 5.99. The summed E-state index contributed by atoms with van der Waals surface area (Å²) in [5.74, 6) is 0. The minimum absolute atomic E-state index is 0. The first-order valence-corrected chi connectivity index (χ1v) is 5.51. The van der Waals surface area contributed by atoms with Gasteiger partial charge in [-0.15, -0.1) is 0 Å². The molecule has 0 unspecified atom stereocenters. The van der Waals surface area contributed by atoms with Crippen LogP contribution in [0.1, 0.15) is 39.5 Å². The predicted octanol–water partition coefficient (Wildman–Crippen LogP) is 4.32. The quantitative estimate of drug-likeness (QED) is 0.588. The second kappa shape index (κ2) is 5.92. The van der Waals surface area contributed by atoms with Gasteiger partial charge in [-0.2, -0.15) is 0 Å². The molecule has 0 radical (unpaired) electrons. The molecule has 0 nitrogen and oxygen atoms in total. The van der Waals surface area contributed by atoms with Gasteiger partial charge in [-0.05, 0) is 50.7 Å². The second-order valence-corrected chi connectivity index (χ2v) is 4.31. The number of hydrogen-bond acceptors (Lipinski definition) is 0. The van der Waals surface area contributed by atoms with Gasteiger partial charge in [0.1, 0.15) is 0 Å². The fourth-order valence-electron chi connectivity index (χ4n) is 2.23. The van der Waals surface area contributed by atoms with E-state index >= 15 is 0 Å². The molecule has 0 aromatic rings. The monoisotopic (exact) mass is 424 g/mol. The SMILES string of the molecule is CC1=CCCC(C2=CC(C)=CCC2)=C1.[U]. The first kappa shape index (κ1) is 13.1. The van der Waals surface area contributed by atoms with Gasteiger partial charge in [-0.1, -0.05) is 35.5 Å². The molecule has 0 aromatic heterocycles. The van der Waals surface area contributed by atoms with Crippen molar-refractivity contribution in [1.82, 2.24) is 0 Å². The summed E-state index contributed by atoms with van der Waals surface area (Å²) in [6, 6.07) is 0. The third-order valence-electron chi connectivity index (χ3n) is 2.98. The van der Waals surface area contributed by atoms with Gasteiger partial charge < -0.3 is 0 Å². The molecule has 2 aliphatic rings. The Bertz CT molecular complexity index is 318. The van der Waals surface area contributed by atoms with Gasteiger partial charge in [0.25, 0.3) is 0 Å². The molecule has 0 atom stereocenters. The molecular formula is C14H18U. The zero-order valence-corrected chi connectivity index (χ0v) is 13.8.